The third kappa shape index (κ3) is 5.32. The van der Waals surface area contributed by atoms with Crippen LogP contribution in [0.2, 0.25) is 5.02 Å². The highest BCUT2D eigenvalue weighted by Crippen LogP contribution is 2.55. The van der Waals surface area contributed by atoms with Gasteiger partial charge < -0.3 is 14.1 Å². The Morgan fingerprint density at radius 2 is 1.79 bits per heavy atom. The maximum Gasteiger partial charge on any atom is 0.271 e. The van der Waals surface area contributed by atoms with Crippen LogP contribution in [0.1, 0.15) is 41.5 Å². The lowest BCUT2D eigenvalue weighted by molar-refractivity contribution is -0.127. The summed E-state index contributed by atoms with van der Waals surface area (Å²) in [5, 5.41) is 0.283. The van der Waals surface area contributed by atoms with E-state index in [0.29, 0.717) is 37.6 Å². The van der Waals surface area contributed by atoms with Crippen molar-refractivity contribution in [2.45, 2.75) is 35.9 Å². The summed E-state index contributed by atoms with van der Waals surface area (Å²) >= 11 is 6.61. The van der Waals surface area contributed by atoms with Crippen molar-refractivity contribution in [2.24, 2.45) is 0 Å². The number of benzene rings is 3. The molecule has 3 aliphatic rings. The molecule has 7 rings (SSSR count). The Labute approximate surface area is 278 Å². The minimum Gasteiger partial charge on any atom is -0.497 e. The van der Waals surface area contributed by atoms with Crippen LogP contribution in [0.3, 0.4) is 0 Å². The molecule has 2 atom stereocenters. The Bertz CT molecular complexity index is 1900. The zero-order valence-electron chi connectivity index (χ0n) is 26.1. The molecule has 4 heterocycles. The number of ether oxygens (including phenoxy) is 1. The fourth-order valence-electron chi connectivity index (χ4n) is 7.17. The van der Waals surface area contributed by atoms with Crippen molar-refractivity contribution >= 4 is 33.2 Å². The van der Waals surface area contributed by atoms with Gasteiger partial charge in [-0.1, -0.05) is 17.7 Å². The Hall–Kier alpha value is -3.81. The maximum absolute atomic E-state index is 16.6. The molecule has 1 unspecified atom stereocenters. The van der Waals surface area contributed by atoms with Gasteiger partial charge in [0.15, 0.2) is 5.54 Å². The number of hydrogen-bond acceptors (Lipinski definition) is 9. The molecule has 2 saturated heterocycles. The standard InChI is InChI=1S/C34H35ClFN5O5S/c1-38-15-17-39(18-16-38)22-23-5-11-29(36)27(20-23)34(40-14-3-4-31(40)32-37-13-19-46-32)28-21-24(35)6-12-30(28)41(33(34)42)47(43,44)26-9-7-25(45-2)8-10-26/h5-13,19-21,31H,3-4,14-18,22H2,1-2H3/t31-,34?/m0/s1. The smallest absolute Gasteiger partial charge is 0.271 e. The summed E-state index contributed by atoms with van der Waals surface area (Å²) in [6, 6.07) is 14.7. The summed E-state index contributed by atoms with van der Waals surface area (Å²) in [6.45, 7) is 4.41. The summed E-state index contributed by atoms with van der Waals surface area (Å²) in [7, 11) is -0.924. The van der Waals surface area contributed by atoms with Gasteiger partial charge in [-0.15, -0.1) is 0 Å². The molecule has 13 heteroatoms. The molecular formula is C34H35ClFN5O5S. The fourth-order valence-corrected chi connectivity index (χ4v) is 8.80. The molecule has 3 aliphatic heterocycles. The normalized spacial score (nSPS) is 22.6. The quantitative estimate of drug-likeness (QED) is 0.254. The van der Waals surface area contributed by atoms with Crippen molar-refractivity contribution in [3.05, 3.63) is 107 Å². The summed E-state index contributed by atoms with van der Waals surface area (Å²) in [5.74, 6) is -0.625. The van der Waals surface area contributed by atoms with Crippen LogP contribution in [0.5, 0.6) is 5.75 Å². The fraction of sp³-hybridized carbons (Fsp3) is 0.353. The number of piperazine rings is 1. The average molecular weight is 680 g/mol. The van der Waals surface area contributed by atoms with Crippen LogP contribution in [-0.2, 0) is 26.9 Å². The van der Waals surface area contributed by atoms with E-state index in [9.17, 15) is 8.42 Å². The average Bonchev–Trinajstić information content (AvgIpc) is 3.82. The minimum atomic E-state index is -4.49. The van der Waals surface area contributed by atoms with Gasteiger partial charge in [0.05, 0.1) is 29.9 Å². The number of oxazole rings is 1. The molecule has 10 nitrogen and oxygen atoms in total. The lowest BCUT2D eigenvalue weighted by Gasteiger charge is -2.41. The van der Waals surface area contributed by atoms with E-state index in [0.717, 1.165) is 36.0 Å². The van der Waals surface area contributed by atoms with Gasteiger partial charge in [-0.25, -0.2) is 22.1 Å². The second kappa shape index (κ2) is 12.3. The number of aromatic nitrogens is 1. The van der Waals surface area contributed by atoms with Gasteiger partial charge in [-0.2, -0.15) is 0 Å². The molecule has 0 saturated carbocycles. The number of sulfonamides is 1. The number of rotatable bonds is 8. The highest BCUT2D eigenvalue weighted by atomic mass is 35.5. The number of likely N-dealkylation sites (N-methyl/N-ethyl adjacent to an activating group) is 1. The number of hydrogen-bond donors (Lipinski definition) is 0. The highest BCUT2D eigenvalue weighted by Gasteiger charge is 2.62. The molecule has 47 heavy (non-hydrogen) atoms. The van der Waals surface area contributed by atoms with E-state index < -0.39 is 33.3 Å². The largest absolute Gasteiger partial charge is 0.497 e. The molecule has 0 bridgehead atoms. The van der Waals surface area contributed by atoms with Crippen molar-refractivity contribution < 1.29 is 26.8 Å². The first-order valence-electron chi connectivity index (χ1n) is 15.5. The molecule has 4 aromatic rings. The first kappa shape index (κ1) is 31.8. The Kier molecular flexibility index (Phi) is 8.34. The number of carbonyl (C=O) groups is 1. The lowest BCUT2D eigenvalue weighted by atomic mass is 9.80. The van der Waals surface area contributed by atoms with Gasteiger partial charge in [0.25, 0.3) is 15.9 Å². The SMILES string of the molecule is COc1ccc(S(=O)(=O)N2C(=O)C(c3cc(CN4CCN(C)CC4)ccc3F)(N3CCC[C@H]3c3ncco3)c3cc(Cl)ccc32)cc1. The van der Waals surface area contributed by atoms with Crippen LogP contribution in [0.25, 0.3) is 0 Å². The van der Waals surface area contributed by atoms with E-state index in [1.165, 1.54) is 62.0 Å². The molecule has 2 fully saturated rings. The van der Waals surface area contributed by atoms with Crippen LogP contribution < -0.4 is 9.04 Å². The van der Waals surface area contributed by atoms with Crippen molar-refractivity contribution in [1.82, 2.24) is 19.7 Å². The summed E-state index contributed by atoms with van der Waals surface area (Å²) in [5.41, 5.74) is -0.649. The van der Waals surface area contributed by atoms with Gasteiger partial charge in [0.1, 0.15) is 17.8 Å². The molecule has 0 N–H and O–H groups in total. The summed E-state index contributed by atoms with van der Waals surface area (Å²) in [4.78, 5) is 26.0. The molecule has 1 aromatic heterocycles. The van der Waals surface area contributed by atoms with Crippen molar-refractivity contribution in [2.75, 3.05) is 51.2 Å². The molecule has 0 spiro atoms. The lowest BCUT2D eigenvalue weighted by Crippen LogP contribution is -2.55. The highest BCUT2D eigenvalue weighted by molar-refractivity contribution is 7.93. The number of likely N-dealkylation sites (tertiary alicyclic amines) is 1. The molecule has 3 aromatic carbocycles. The molecule has 0 aliphatic carbocycles. The second-order valence-electron chi connectivity index (χ2n) is 12.2. The van der Waals surface area contributed by atoms with Gasteiger partial charge in [0.2, 0.25) is 5.89 Å². The number of anilines is 1. The number of carbonyl (C=O) groups excluding carboxylic acids is 1. The van der Waals surface area contributed by atoms with Crippen LogP contribution in [0.15, 0.2) is 82.4 Å². The van der Waals surface area contributed by atoms with E-state index in [4.69, 9.17) is 20.8 Å². The molecule has 246 valence electrons. The Balaban J connectivity index is 1.45. The van der Waals surface area contributed by atoms with Gasteiger partial charge in [0, 0.05) is 55.4 Å². The van der Waals surface area contributed by atoms with Crippen LogP contribution in [-0.4, -0.2) is 80.9 Å². The Morgan fingerprint density at radius 3 is 2.49 bits per heavy atom. The number of halogens is 2. The minimum absolute atomic E-state index is 0.0588. The topological polar surface area (TPSA) is 99.4 Å². The van der Waals surface area contributed by atoms with Gasteiger partial charge in [-0.05, 0) is 80.1 Å². The summed E-state index contributed by atoms with van der Waals surface area (Å²) in [6.07, 6.45) is 4.19. The third-order valence-corrected chi connectivity index (χ3v) is 11.4. The second-order valence-corrected chi connectivity index (χ2v) is 14.5. The van der Waals surface area contributed by atoms with Crippen molar-refractivity contribution in [1.29, 1.82) is 0 Å². The zero-order chi connectivity index (χ0) is 32.9. The van der Waals surface area contributed by atoms with Crippen LogP contribution >= 0.6 is 11.6 Å². The first-order chi connectivity index (χ1) is 22.6. The van der Waals surface area contributed by atoms with Gasteiger partial charge in [-0.3, -0.25) is 14.6 Å². The predicted octanol–water partition coefficient (Wildman–Crippen LogP) is 5.04. The monoisotopic (exact) mass is 679 g/mol. The van der Waals surface area contributed by atoms with Gasteiger partial charge >= 0.3 is 0 Å². The Morgan fingerprint density at radius 1 is 1.02 bits per heavy atom. The molecular weight excluding hydrogens is 645 g/mol. The number of fused-ring (bicyclic) bond motifs is 1. The van der Waals surface area contributed by atoms with E-state index in [1.807, 2.05) is 4.90 Å². The van der Waals surface area contributed by atoms with E-state index in [-0.39, 0.29) is 26.7 Å². The van der Waals surface area contributed by atoms with Crippen molar-refractivity contribution in [3.8, 4) is 5.75 Å². The van der Waals surface area contributed by atoms with E-state index in [1.54, 1.807) is 18.2 Å². The molecule has 1 amide bonds. The van der Waals surface area contributed by atoms with Crippen LogP contribution in [0, 0.1) is 5.82 Å². The van der Waals surface area contributed by atoms with Crippen molar-refractivity contribution in [3.63, 3.8) is 0 Å². The predicted molar refractivity (Wildman–Crippen MR) is 174 cm³/mol. The first-order valence-corrected chi connectivity index (χ1v) is 17.4. The van der Waals surface area contributed by atoms with Crippen LogP contribution in [0.4, 0.5) is 10.1 Å². The number of methoxy groups -OCH3 is 1. The summed E-state index contributed by atoms with van der Waals surface area (Å²) < 4.78 is 57.3. The maximum atomic E-state index is 16.6. The zero-order valence-corrected chi connectivity index (χ0v) is 27.7. The van der Waals surface area contributed by atoms with E-state index in [2.05, 4.69) is 21.8 Å². The number of nitrogens with zero attached hydrogens (tertiary/aromatic N) is 5. The third-order valence-electron chi connectivity index (χ3n) is 9.50. The molecule has 0 radical (unpaired) electrons. The number of amides is 1. The van der Waals surface area contributed by atoms with E-state index >= 15 is 9.18 Å².